The predicted octanol–water partition coefficient (Wildman–Crippen LogP) is 0.541. The maximum Gasteiger partial charge on any atom is 0.340 e. The van der Waals surface area contributed by atoms with Crippen LogP contribution in [0.4, 0.5) is 0 Å². The molecule has 0 radical (unpaired) electrons. The average Bonchev–Trinajstić information content (AvgIpc) is 2.52. The second kappa shape index (κ2) is 8.82. The number of nitrogens with one attached hydrogen (secondary N) is 2. The standard InChI is InChI=1S/C15H19ClN2O6S/c1-4-17-14(20)9(2)18-13(19)8-24-15(21)11-7-10(25(3,22)23)5-6-12(11)16/h5-7,9H,4,8H2,1-3H3,(H,17,20)(H,18,19)/t9-/m1/s1. The summed E-state index contributed by atoms with van der Waals surface area (Å²) in [5.41, 5.74) is -0.172. The summed E-state index contributed by atoms with van der Waals surface area (Å²) in [6.07, 6.45) is 0.988. The first-order valence-corrected chi connectivity index (χ1v) is 9.57. The van der Waals surface area contributed by atoms with E-state index in [1.807, 2.05) is 0 Å². The number of hydrogen-bond donors (Lipinski definition) is 2. The van der Waals surface area contributed by atoms with Gasteiger partial charge in [-0.15, -0.1) is 0 Å². The first kappa shape index (κ1) is 20.9. The number of ether oxygens (including phenoxy) is 1. The molecule has 0 aliphatic heterocycles. The number of benzene rings is 1. The van der Waals surface area contributed by atoms with E-state index in [0.29, 0.717) is 6.54 Å². The van der Waals surface area contributed by atoms with Gasteiger partial charge in [0.25, 0.3) is 5.91 Å². The Labute approximate surface area is 150 Å². The molecular weight excluding hydrogens is 372 g/mol. The van der Waals surface area contributed by atoms with E-state index in [4.69, 9.17) is 16.3 Å². The van der Waals surface area contributed by atoms with Crippen molar-refractivity contribution in [2.24, 2.45) is 0 Å². The van der Waals surface area contributed by atoms with Crippen LogP contribution in [0.15, 0.2) is 23.1 Å². The zero-order chi connectivity index (χ0) is 19.2. The van der Waals surface area contributed by atoms with Crippen LogP contribution in [0.3, 0.4) is 0 Å². The number of halogens is 1. The van der Waals surface area contributed by atoms with E-state index >= 15 is 0 Å². The van der Waals surface area contributed by atoms with E-state index in [2.05, 4.69) is 10.6 Å². The van der Waals surface area contributed by atoms with E-state index in [9.17, 15) is 22.8 Å². The van der Waals surface area contributed by atoms with Crippen LogP contribution in [-0.2, 0) is 24.2 Å². The van der Waals surface area contributed by atoms with Gasteiger partial charge < -0.3 is 15.4 Å². The third kappa shape index (κ3) is 6.35. The van der Waals surface area contributed by atoms with Crippen molar-refractivity contribution in [2.45, 2.75) is 24.8 Å². The highest BCUT2D eigenvalue weighted by Gasteiger charge is 2.19. The van der Waals surface area contributed by atoms with Crippen molar-refractivity contribution in [3.8, 4) is 0 Å². The second-order valence-electron chi connectivity index (χ2n) is 5.17. The van der Waals surface area contributed by atoms with Gasteiger partial charge in [0.05, 0.1) is 15.5 Å². The number of hydrogen-bond acceptors (Lipinski definition) is 6. The molecule has 1 aromatic carbocycles. The van der Waals surface area contributed by atoms with Gasteiger partial charge in [-0.05, 0) is 32.0 Å². The zero-order valence-electron chi connectivity index (χ0n) is 14.0. The van der Waals surface area contributed by atoms with Crippen molar-refractivity contribution in [1.82, 2.24) is 10.6 Å². The van der Waals surface area contributed by atoms with E-state index < -0.39 is 34.4 Å². The lowest BCUT2D eigenvalue weighted by atomic mass is 10.2. The van der Waals surface area contributed by atoms with E-state index in [-0.39, 0.29) is 21.4 Å². The highest BCUT2D eigenvalue weighted by molar-refractivity contribution is 7.90. The van der Waals surface area contributed by atoms with Crippen molar-refractivity contribution < 1.29 is 27.5 Å². The Hall–Kier alpha value is -2.13. The maximum absolute atomic E-state index is 12.0. The SMILES string of the molecule is CCNC(=O)[C@@H](C)NC(=O)COC(=O)c1cc(S(C)(=O)=O)ccc1Cl. The Morgan fingerprint density at radius 2 is 1.92 bits per heavy atom. The number of rotatable bonds is 7. The van der Waals surface area contributed by atoms with Crippen molar-refractivity contribution >= 4 is 39.2 Å². The van der Waals surface area contributed by atoms with Crippen LogP contribution >= 0.6 is 11.6 Å². The largest absolute Gasteiger partial charge is 0.452 e. The third-order valence-electron chi connectivity index (χ3n) is 3.04. The van der Waals surface area contributed by atoms with Crippen LogP contribution < -0.4 is 10.6 Å². The number of carbonyl (C=O) groups excluding carboxylic acids is 3. The van der Waals surface area contributed by atoms with Crippen LogP contribution in [-0.4, -0.2) is 51.7 Å². The summed E-state index contributed by atoms with van der Waals surface area (Å²) in [7, 11) is -3.53. The molecule has 0 bridgehead atoms. The van der Waals surface area contributed by atoms with Gasteiger partial charge in [0.2, 0.25) is 5.91 Å². The van der Waals surface area contributed by atoms with Crippen molar-refractivity contribution in [2.75, 3.05) is 19.4 Å². The molecule has 0 aliphatic rings. The molecule has 0 spiro atoms. The number of esters is 1. The third-order valence-corrected chi connectivity index (χ3v) is 4.48. The molecule has 25 heavy (non-hydrogen) atoms. The highest BCUT2D eigenvalue weighted by atomic mass is 35.5. The topological polar surface area (TPSA) is 119 Å². The van der Waals surface area contributed by atoms with Crippen LogP contribution in [0.2, 0.25) is 5.02 Å². The number of sulfone groups is 1. The van der Waals surface area contributed by atoms with Crippen LogP contribution in [0.1, 0.15) is 24.2 Å². The smallest absolute Gasteiger partial charge is 0.340 e. The molecule has 2 N–H and O–H groups in total. The summed E-state index contributed by atoms with van der Waals surface area (Å²) >= 11 is 5.87. The molecule has 138 valence electrons. The van der Waals surface area contributed by atoms with Gasteiger partial charge in [-0.2, -0.15) is 0 Å². The van der Waals surface area contributed by atoms with Gasteiger partial charge in [-0.25, -0.2) is 13.2 Å². The van der Waals surface area contributed by atoms with Gasteiger partial charge in [-0.1, -0.05) is 11.6 Å². The summed E-state index contributed by atoms with van der Waals surface area (Å²) in [6, 6.07) is 2.80. The van der Waals surface area contributed by atoms with Gasteiger partial charge in [0, 0.05) is 12.8 Å². The summed E-state index contributed by atoms with van der Waals surface area (Å²) < 4.78 is 27.9. The van der Waals surface area contributed by atoms with Gasteiger partial charge in [0.1, 0.15) is 6.04 Å². The lowest BCUT2D eigenvalue weighted by molar-refractivity contribution is -0.130. The van der Waals surface area contributed by atoms with Crippen molar-refractivity contribution in [3.05, 3.63) is 28.8 Å². The molecule has 8 nitrogen and oxygen atoms in total. The fourth-order valence-electron chi connectivity index (χ4n) is 1.78. The molecule has 0 fully saturated rings. The van der Waals surface area contributed by atoms with Gasteiger partial charge in [-0.3, -0.25) is 9.59 Å². The molecule has 1 aromatic rings. The quantitative estimate of drug-likeness (QED) is 0.656. The number of likely N-dealkylation sites (N-methyl/N-ethyl adjacent to an activating group) is 1. The fourth-order valence-corrected chi connectivity index (χ4v) is 2.62. The zero-order valence-corrected chi connectivity index (χ0v) is 15.5. The molecule has 0 saturated heterocycles. The Bertz CT molecular complexity index is 778. The monoisotopic (exact) mass is 390 g/mol. The normalized spacial score (nSPS) is 12.2. The molecule has 0 saturated carbocycles. The van der Waals surface area contributed by atoms with E-state index in [0.717, 1.165) is 12.3 Å². The molecule has 0 aromatic heterocycles. The fraction of sp³-hybridized carbons (Fsp3) is 0.400. The Morgan fingerprint density at radius 1 is 1.28 bits per heavy atom. The molecule has 10 heteroatoms. The van der Waals surface area contributed by atoms with E-state index in [1.54, 1.807) is 6.92 Å². The maximum atomic E-state index is 12.0. The predicted molar refractivity (Wildman–Crippen MR) is 91.1 cm³/mol. The van der Waals surface area contributed by atoms with Crippen molar-refractivity contribution in [1.29, 1.82) is 0 Å². The minimum atomic E-state index is -3.53. The first-order valence-electron chi connectivity index (χ1n) is 7.30. The lowest BCUT2D eigenvalue weighted by Crippen LogP contribution is -2.46. The summed E-state index contributed by atoms with van der Waals surface area (Å²) in [6.45, 7) is 3.00. The first-order chi connectivity index (χ1) is 11.6. The van der Waals surface area contributed by atoms with E-state index in [1.165, 1.54) is 19.1 Å². The molecule has 2 amide bonds. The molecule has 1 rings (SSSR count). The summed E-state index contributed by atoms with van der Waals surface area (Å²) in [5.74, 6) is -2.00. The van der Waals surface area contributed by atoms with Gasteiger partial charge in [0.15, 0.2) is 16.4 Å². The lowest BCUT2D eigenvalue weighted by Gasteiger charge is -2.13. The summed E-state index contributed by atoms with van der Waals surface area (Å²) in [5, 5.41) is 4.89. The van der Waals surface area contributed by atoms with Gasteiger partial charge >= 0.3 is 5.97 Å². The van der Waals surface area contributed by atoms with Crippen LogP contribution in [0.25, 0.3) is 0 Å². The Balaban J connectivity index is 2.71. The molecule has 1 atom stereocenters. The molecule has 0 heterocycles. The Kier molecular flexibility index (Phi) is 7.38. The van der Waals surface area contributed by atoms with Crippen LogP contribution in [0, 0.1) is 0 Å². The van der Waals surface area contributed by atoms with Crippen LogP contribution in [0.5, 0.6) is 0 Å². The Morgan fingerprint density at radius 3 is 2.48 bits per heavy atom. The second-order valence-corrected chi connectivity index (χ2v) is 7.60. The molecule has 0 unspecified atom stereocenters. The molecule has 0 aliphatic carbocycles. The van der Waals surface area contributed by atoms with Crippen molar-refractivity contribution in [3.63, 3.8) is 0 Å². The summed E-state index contributed by atoms with van der Waals surface area (Å²) in [4.78, 5) is 35.1. The molecular formula is C15H19ClN2O6S. The number of amides is 2. The number of carbonyl (C=O) groups is 3. The minimum absolute atomic E-state index is 0.00602. The average molecular weight is 391 g/mol. The minimum Gasteiger partial charge on any atom is -0.452 e. The highest BCUT2D eigenvalue weighted by Crippen LogP contribution is 2.21.